The minimum Gasteiger partial charge on any atom is -0.453 e. The first-order valence-corrected chi connectivity index (χ1v) is 8.45. The van der Waals surface area contributed by atoms with Crippen molar-refractivity contribution in [1.29, 1.82) is 0 Å². The molecule has 1 fully saturated rings. The summed E-state index contributed by atoms with van der Waals surface area (Å²) in [5.41, 5.74) is 2.48. The maximum Gasteiger partial charge on any atom is 0.409 e. The van der Waals surface area contributed by atoms with Crippen LogP contribution in [0, 0.1) is 0 Å². The fourth-order valence-corrected chi connectivity index (χ4v) is 3.73. The quantitative estimate of drug-likeness (QED) is 0.745. The van der Waals surface area contributed by atoms with Gasteiger partial charge in [-0.25, -0.2) is 14.8 Å². The van der Waals surface area contributed by atoms with Crippen molar-refractivity contribution in [2.45, 2.75) is 31.9 Å². The van der Waals surface area contributed by atoms with Crippen LogP contribution in [0.4, 0.5) is 4.79 Å². The molecule has 0 bridgehead atoms. The number of fused-ring (bicyclic) bond motifs is 3. The van der Waals surface area contributed by atoms with Crippen LogP contribution < -0.4 is 0 Å². The Bertz CT molecular complexity index is 929. The Labute approximate surface area is 144 Å². The van der Waals surface area contributed by atoms with E-state index in [1.807, 2.05) is 12.3 Å². The molecule has 8 nitrogen and oxygen atoms in total. The second kappa shape index (κ2) is 6.03. The van der Waals surface area contributed by atoms with E-state index < -0.39 is 6.10 Å². The van der Waals surface area contributed by atoms with Gasteiger partial charge in [-0.3, -0.25) is 0 Å². The van der Waals surface area contributed by atoms with Gasteiger partial charge >= 0.3 is 6.09 Å². The standard InChI is InChI=1S/C17H21N5O3/c1-10(23)16-20-13-8-19-15-12(5-6-18-15)14(13)22(16)11-4-3-7-21(9-11)17(24)25-2/h5-6,8,10-11,23H,3-4,7,9H2,1-2H3,(H,18,19)/t10-,11-/m1/s1. The number of hydrogen-bond acceptors (Lipinski definition) is 5. The molecule has 2 atom stereocenters. The molecule has 4 rings (SSSR count). The smallest absolute Gasteiger partial charge is 0.409 e. The van der Waals surface area contributed by atoms with Crippen molar-refractivity contribution >= 4 is 28.2 Å². The number of nitrogens with zero attached hydrogens (tertiary/aromatic N) is 4. The molecule has 8 heteroatoms. The summed E-state index contributed by atoms with van der Waals surface area (Å²) in [4.78, 5) is 25.8. The monoisotopic (exact) mass is 343 g/mol. The molecule has 0 saturated carbocycles. The third-order valence-electron chi connectivity index (χ3n) is 4.83. The zero-order valence-electron chi connectivity index (χ0n) is 14.3. The van der Waals surface area contributed by atoms with E-state index >= 15 is 0 Å². The lowest BCUT2D eigenvalue weighted by atomic mass is 10.0. The van der Waals surface area contributed by atoms with Crippen LogP contribution in [0.25, 0.3) is 22.1 Å². The maximum atomic E-state index is 11.9. The highest BCUT2D eigenvalue weighted by Crippen LogP contribution is 2.33. The van der Waals surface area contributed by atoms with Gasteiger partial charge in [-0.2, -0.15) is 0 Å². The first-order valence-electron chi connectivity index (χ1n) is 8.45. The normalized spacial score (nSPS) is 19.5. The van der Waals surface area contributed by atoms with Crippen molar-refractivity contribution in [1.82, 2.24) is 24.4 Å². The number of aliphatic hydroxyl groups is 1. The number of amides is 1. The third kappa shape index (κ3) is 2.53. The van der Waals surface area contributed by atoms with Crippen molar-refractivity contribution in [3.8, 4) is 0 Å². The van der Waals surface area contributed by atoms with Crippen LogP contribution in [0.15, 0.2) is 18.5 Å². The van der Waals surface area contributed by atoms with Gasteiger partial charge in [-0.1, -0.05) is 0 Å². The van der Waals surface area contributed by atoms with Gasteiger partial charge in [0.05, 0.1) is 24.9 Å². The number of aromatic amines is 1. The summed E-state index contributed by atoms with van der Waals surface area (Å²) >= 11 is 0. The number of ether oxygens (including phenoxy) is 1. The maximum absolute atomic E-state index is 11.9. The van der Waals surface area contributed by atoms with Crippen LogP contribution in [-0.4, -0.2) is 55.8 Å². The third-order valence-corrected chi connectivity index (χ3v) is 4.83. The van der Waals surface area contributed by atoms with Gasteiger partial charge in [0, 0.05) is 24.7 Å². The summed E-state index contributed by atoms with van der Waals surface area (Å²) < 4.78 is 6.95. The van der Waals surface area contributed by atoms with Crippen molar-refractivity contribution in [3.05, 3.63) is 24.3 Å². The molecule has 1 amide bonds. The van der Waals surface area contributed by atoms with Crippen LogP contribution >= 0.6 is 0 Å². The second-order valence-corrected chi connectivity index (χ2v) is 6.46. The molecular formula is C17H21N5O3. The number of carbonyl (C=O) groups excluding carboxylic acids is 1. The lowest BCUT2D eigenvalue weighted by Gasteiger charge is -2.33. The Balaban J connectivity index is 1.88. The number of likely N-dealkylation sites (tertiary alicyclic amines) is 1. The average Bonchev–Trinajstić information content (AvgIpc) is 3.24. The Hall–Kier alpha value is -2.61. The van der Waals surface area contributed by atoms with Crippen LogP contribution in [0.3, 0.4) is 0 Å². The first kappa shape index (κ1) is 15.9. The molecule has 1 aliphatic rings. The molecule has 0 radical (unpaired) electrons. The van der Waals surface area contributed by atoms with E-state index in [2.05, 4.69) is 19.5 Å². The highest BCUT2D eigenvalue weighted by molar-refractivity contribution is 6.01. The number of rotatable bonds is 2. The number of imidazole rings is 1. The Morgan fingerprint density at radius 1 is 1.52 bits per heavy atom. The number of nitrogens with one attached hydrogen (secondary N) is 1. The minimum atomic E-state index is -0.713. The molecule has 132 valence electrons. The van der Waals surface area contributed by atoms with Gasteiger partial charge in [0.25, 0.3) is 0 Å². The van der Waals surface area contributed by atoms with E-state index in [1.54, 1.807) is 18.0 Å². The molecular weight excluding hydrogens is 322 g/mol. The van der Waals surface area contributed by atoms with E-state index in [-0.39, 0.29) is 12.1 Å². The largest absolute Gasteiger partial charge is 0.453 e. The summed E-state index contributed by atoms with van der Waals surface area (Å²) in [6.45, 7) is 2.92. The SMILES string of the molecule is COC(=O)N1CCC[C@@H](n2c([C@@H](C)O)nc3cnc4[nH]ccc4c32)C1. The first-order chi connectivity index (χ1) is 12.1. The average molecular weight is 343 g/mol. The number of aliphatic hydroxyl groups excluding tert-OH is 1. The highest BCUT2D eigenvalue weighted by Gasteiger charge is 2.30. The topological polar surface area (TPSA) is 96.3 Å². The molecule has 1 saturated heterocycles. The summed E-state index contributed by atoms with van der Waals surface area (Å²) in [6, 6.07) is 2.00. The van der Waals surface area contributed by atoms with Gasteiger partial charge in [0.2, 0.25) is 0 Å². The van der Waals surface area contributed by atoms with E-state index in [9.17, 15) is 9.90 Å². The van der Waals surface area contributed by atoms with E-state index in [1.165, 1.54) is 7.11 Å². The molecule has 0 aliphatic carbocycles. The lowest BCUT2D eigenvalue weighted by molar-refractivity contribution is 0.101. The highest BCUT2D eigenvalue weighted by atomic mass is 16.5. The fraction of sp³-hybridized carbons (Fsp3) is 0.471. The predicted octanol–water partition coefficient (Wildman–Crippen LogP) is 2.37. The summed E-state index contributed by atoms with van der Waals surface area (Å²) in [6.07, 6.45) is 4.32. The van der Waals surface area contributed by atoms with Crippen LogP contribution in [-0.2, 0) is 4.74 Å². The molecule has 0 unspecified atom stereocenters. The van der Waals surface area contributed by atoms with Crippen molar-refractivity contribution in [2.75, 3.05) is 20.2 Å². The number of methoxy groups -OCH3 is 1. The zero-order chi connectivity index (χ0) is 17.6. The van der Waals surface area contributed by atoms with Gasteiger partial charge in [0.15, 0.2) is 0 Å². The fourth-order valence-electron chi connectivity index (χ4n) is 3.73. The molecule has 3 aromatic rings. The summed E-state index contributed by atoms with van der Waals surface area (Å²) in [5.74, 6) is 0.599. The second-order valence-electron chi connectivity index (χ2n) is 6.46. The van der Waals surface area contributed by atoms with Crippen LogP contribution in [0.1, 0.15) is 37.7 Å². The zero-order valence-corrected chi connectivity index (χ0v) is 14.3. The molecule has 1 aliphatic heterocycles. The molecule has 4 heterocycles. The van der Waals surface area contributed by atoms with Crippen molar-refractivity contribution in [3.63, 3.8) is 0 Å². The van der Waals surface area contributed by atoms with Crippen LogP contribution in [0.2, 0.25) is 0 Å². The molecule has 25 heavy (non-hydrogen) atoms. The van der Waals surface area contributed by atoms with Crippen molar-refractivity contribution in [2.24, 2.45) is 0 Å². The lowest BCUT2D eigenvalue weighted by Crippen LogP contribution is -2.41. The van der Waals surface area contributed by atoms with Gasteiger partial charge in [-0.15, -0.1) is 0 Å². The van der Waals surface area contributed by atoms with Crippen LogP contribution in [0.5, 0.6) is 0 Å². The molecule has 0 aromatic carbocycles. The van der Waals surface area contributed by atoms with E-state index in [4.69, 9.17) is 4.74 Å². The van der Waals surface area contributed by atoms with Gasteiger partial charge in [-0.05, 0) is 25.8 Å². The predicted molar refractivity (Wildman–Crippen MR) is 92.3 cm³/mol. The van der Waals surface area contributed by atoms with E-state index in [0.717, 1.165) is 34.9 Å². The Kier molecular flexibility index (Phi) is 3.84. The number of carbonyl (C=O) groups is 1. The van der Waals surface area contributed by atoms with Gasteiger partial charge in [0.1, 0.15) is 23.1 Å². The minimum absolute atomic E-state index is 0.0305. The Morgan fingerprint density at radius 2 is 2.36 bits per heavy atom. The molecule has 2 N–H and O–H groups in total. The Morgan fingerprint density at radius 3 is 3.12 bits per heavy atom. The molecule has 0 spiro atoms. The van der Waals surface area contributed by atoms with Gasteiger partial charge < -0.3 is 24.3 Å². The molecule has 3 aromatic heterocycles. The van der Waals surface area contributed by atoms with E-state index in [0.29, 0.717) is 18.9 Å². The number of H-pyrrole nitrogens is 1. The summed E-state index contributed by atoms with van der Waals surface area (Å²) in [7, 11) is 1.40. The number of piperidine rings is 1. The number of hydrogen-bond donors (Lipinski definition) is 2. The summed E-state index contributed by atoms with van der Waals surface area (Å²) in [5, 5.41) is 11.2. The number of pyridine rings is 1. The van der Waals surface area contributed by atoms with Crippen molar-refractivity contribution < 1.29 is 14.6 Å². The number of aromatic nitrogens is 4.